The molecule has 0 saturated carbocycles. The van der Waals surface area contributed by atoms with Gasteiger partial charge in [-0.15, -0.1) is 0 Å². The summed E-state index contributed by atoms with van der Waals surface area (Å²) < 4.78 is 0. The summed E-state index contributed by atoms with van der Waals surface area (Å²) in [5.41, 5.74) is 2.05. The quantitative estimate of drug-likeness (QED) is 0.834. The fourth-order valence-corrected chi connectivity index (χ4v) is 3.13. The first-order valence-corrected chi connectivity index (χ1v) is 9.19. The Balaban J connectivity index is 1.52. The summed E-state index contributed by atoms with van der Waals surface area (Å²) in [6.45, 7) is 1.78. The molecule has 136 valence electrons. The van der Waals surface area contributed by atoms with Crippen molar-refractivity contribution >= 4 is 34.8 Å². The Kier molecular flexibility index (Phi) is 6.12. The Labute approximate surface area is 158 Å². The van der Waals surface area contributed by atoms with Crippen LogP contribution < -0.4 is 10.6 Å². The highest BCUT2D eigenvalue weighted by Crippen LogP contribution is 2.20. The summed E-state index contributed by atoms with van der Waals surface area (Å²) in [6.07, 6.45) is 3.35. The van der Waals surface area contributed by atoms with E-state index in [4.69, 9.17) is 11.6 Å². The zero-order chi connectivity index (χ0) is 18.4. The van der Waals surface area contributed by atoms with E-state index in [1.807, 2.05) is 29.2 Å². The van der Waals surface area contributed by atoms with E-state index in [1.165, 1.54) is 6.42 Å². The molecule has 26 heavy (non-hydrogen) atoms. The van der Waals surface area contributed by atoms with Gasteiger partial charge in [0.25, 0.3) is 5.91 Å². The van der Waals surface area contributed by atoms with Gasteiger partial charge in [0.15, 0.2) is 0 Å². The first kappa shape index (κ1) is 18.3. The van der Waals surface area contributed by atoms with Gasteiger partial charge in [-0.2, -0.15) is 0 Å². The fourth-order valence-electron chi connectivity index (χ4n) is 2.95. The van der Waals surface area contributed by atoms with Gasteiger partial charge in [0, 0.05) is 24.3 Å². The van der Waals surface area contributed by atoms with E-state index >= 15 is 0 Å². The number of nitrogens with zero attached hydrogens (tertiary/aromatic N) is 1. The second-order valence-electron chi connectivity index (χ2n) is 6.31. The highest BCUT2D eigenvalue weighted by molar-refractivity contribution is 6.33. The molecule has 2 aromatic carbocycles. The molecule has 1 aliphatic rings. The predicted molar refractivity (Wildman–Crippen MR) is 105 cm³/mol. The van der Waals surface area contributed by atoms with Gasteiger partial charge >= 0.3 is 0 Å². The number of nitrogens with one attached hydrogen (secondary N) is 2. The number of piperidine rings is 1. The summed E-state index contributed by atoms with van der Waals surface area (Å²) in [7, 11) is 0. The van der Waals surface area contributed by atoms with Crippen molar-refractivity contribution in [1.29, 1.82) is 0 Å². The van der Waals surface area contributed by atoms with Crippen LogP contribution >= 0.6 is 11.6 Å². The fraction of sp³-hybridized carbons (Fsp3) is 0.300. The number of hydrogen-bond acceptors (Lipinski definition) is 3. The molecule has 1 saturated heterocycles. The molecule has 0 radical (unpaired) electrons. The van der Waals surface area contributed by atoms with Gasteiger partial charge in [-0.05, 0) is 55.7 Å². The highest BCUT2D eigenvalue weighted by Gasteiger charge is 2.17. The third kappa shape index (κ3) is 4.76. The Morgan fingerprint density at radius 3 is 2.35 bits per heavy atom. The summed E-state index contributed by atoms with van der Waals surface area (Å²) in [5, 5.41) is 6.31. The van der Waals surface area contributed by atoms with Crippen molar-refractivity contribution in [3.05, 3.63) is 59.1 Å². The average molecular weight is 372 g/mol. The largest absolute Gasteiger partial charge is 0.376 e. The number of carbonyl (C=O) groups excluding carboxylic acids is 2. The third-order valence-electron chi connectivity index (χ3n) is 4.38. The van der Waals surface area contributed by atoms with Crippen LogP contribution in [-0.2, 0) is 4.79 Å². The molecule has 0 unspecified atom stereocenters. The minimum atomic E-state index is -0.188. The molecule has 1 heterocycles. The maximum Gasteiger partial charge on any atom is 0.253 e. The van der Waals surface area contributed by atoms with Crippen LogP contribution in [0.5, 0.6) is 0 Å². The van der Waals surface area contributed by atoms with Gasteiger partial charge in [0.05, 0.1) is 17.3 Å². The number of para-hydroxylation sites is 1. The standard InChI is InChI=1S/C20H22ClN3O2/c21-17-6-2-3-7-18(17)23-19(25)14-22-16-10-8-15(9-11-16)20(26)24-12-4-1-5-13-24/h2-3,6-11,22H,1,4-5,12-14H2,(H,23,25). The molecule has 2 amide bonds. The van der Waals surface area contributed by atoms with E-state index in [2.05, 4.69) is 10.6 Å². The number of anilines is 2. The minimum Gasteiger partial charge on any atom is -0.376 e. The van der Waals surface area contributed by atoms with E-state index in [0.29, 0.717) is 16.3 Å². The van der Waals surface area contributed by atoms with E-state index in [-0.39, 0.29) is 18.4 Å². The third-order valence-corrected chi connectivity index (χ3v) is 4.71. The normalized spacial score (nSPS) is 14.0. The lowest BCUT2D eigenvalue weighted by atomic mass is 10.1. The summed E-state index contributed by atoms with van der Waals surface area (Å²) in [5.74, 6) is -0.112. The van der Waals surface area contributed by atoms with Gasteiger partial charge in [-0.1, -0.05) is 23.7 Å². The van der Waals surface area contributed by atoms with Crippen molar-refractivity contribution in [3.8, 4) is 0 Å². The molecule has 2 aromatic rings. The van der Waals surface area contributed by atoms with Crippen molar-refractivity contribution in [3.63, 3.8) is 0 Å². The van der Waals surface area contributed by atoms with E-state index < -0.39 is 0 Å². The number of likely N-dealkylation sites (tertiary alicyclic amines) is 1. The minimum absolute atomic E-state index is 0.0766. The van der Waals surface area contributed by atoms with Crippen molar-refractivity contribution in [1.82, 2.24) is 4.90 Å². The average Bonchev–Trinajstić information content (AvgIpc) is 2.69. The van der Waals surface area contributed by atoms with Crippen LogP contribution in [0.2, 0.25) is 5.02 Å². The lowest BCUT2D eigenvalue weighted by Crippen LogP contribution is -2.35. The molecule has 1 aliphatic heterocycles. The smallest absolute Gasteiger partial charge is 0.253 e. The lowest BCUT2D eigenvalue weighted by Gasteiger charge is -2.26. The van der Waals surface area contributed by atoms with Crippen LogP contribution in [0.3, 0.4) is 0 Å². The maximum atomic E-state index is 12.4. The summed E-state index contributed by atoms with van der Waals surface area (Å²) in [4.78, 5) is 26.4. The molecule has 1 fully saturated rings. The number of carbonyl (C=O) groups is 2. The summed E-state index contributed by atoms with van der Waals surface area (Å²) in [6, 6.07) is 14.3. The molecular weight excluding hydrogens is 350 g/mol. The van der Waals surface area contributed by atoms with Crippen LogP contribution in [0.25, 0.3) is 0 Å². The van der Waals surface area contributed by atoms with Crippen molar-refractivity contribution in [2.45, 2.75) is 19.3 Å². The number of rotatable bonds is 5. The second-order valence-corrected chi connectivity index (χ2v) is 6.72. The molecule has 0 bridgehead atoms. The number of benzene rings is 2. The molecule has 6 heteroatoms. The molecule has 2 N–H and O–H groups in total. The molecule has 0 aliphatic carbocycles. The Hall–Kier alpha value is -2.53. The zero-order valence-electron chi connectivity index (χ0n) is 14.5. The Morgan fingerprint density at radius 2 is 1.65 bits per heavy atom. The van der Waals surface area contributed by atoms with Crippen LogP contribution in [0, 0.1) is 0 Å². The monoisotopic (exact) mass is 371 g/mol. The van der Waals surface area contributed by atoms with Crippen LogP contribution in [0.4, 0.5) is 11.4 Å². The number of amides is 2. The van der Waals surface area contributed by atoms with Gasteiger partial charge in [0.1, 0.15) is 0 Å². The Bertz CT molecular complexity index is 771. The van der Waals surface area contributed by atoms with Crippen LogP contribution in [0.15, 0.2) is 48.5 Å². The summed E-state index contributed by atoms with van der Waals surface area (Å²) >= 11 is 6.03. The van der Waals surface area contributed by atoms with Crippen molar-refractivity contribution in [2.24, 2.45) is 0 Å². The van der Waals surface area contributed by atoms with Gasteiger partial charge in [-0.3, -0.25) is 9.59 Å². The predicted octanol–water partition coefficient (Wildman–Crippen LogP) is 4.02. The van der Waals surface area contributed by atoms with Crippen LogP contribution in [-0.4, -0.2) is 36.3 Å². The molecule has 0 spiro atoms. The van der Waals surface area contributed by atoms with Crippen molar-refractivity contribution < 1.29 is 9.59 Å². The first-order valence-electron chi connectivity index (χ1n) is 8.81. The molecule has 0 atom stereocenters. The van der Waals surface area contributed by atoms with Gasteiger partial charge < -0.3 is 15.5 Å². The van der Waals surface area contributed by atoms with Gasteiger partial charge in [0.2, 0.25) is 5.91 Å². The van der Waals surface area contributed by atoms with E-state index in [0.717, 1.165) is 31.6 Å². The topological polar surface area (TPSA) is 61.4 Å². The van der Waals surface area contributed by atoms with E-state index in [1.54, 1.807) is 24.3 Å². The number of hydrogen-bond donors (Lipinski definition) is 2. The highest BCUT2D eigenvalue weighted by atomic mass is 35.5. The lowest BCUT2D eigenvalue weighted by molar-refractivity contribution is -0.114. The second kappa shape index (κ2) is 8.72. The number of halogens is 1. The van der Waals surface area contributed by atoms with Gasteiger partial charge in [-0.25, -0.2) is 0 Å². The molecule has 0 aromatic heterocycles. The SMILES string of the molecule is O=C(CNc1ccc(C(=O)N2CCCCC2)cc1)Nc1ccccc1Cl. The first-order chi connectivity index (χ1) is 12.6. The zero-order valence-corrected chi connectivity index (χ0v) is 15.3. The van der Waals surface area contributed by atoms with E-state index in [9.17, 15) is 9.59 Å². The molecule has 3 rings (SSSR count). The Morgan fingerprint density at radius 1 is 0.962 bits per heavy atom. The maximum absolute atomic E-state index is 12.4. The van der Waals surface area contributed by atoms with Crippen LogP contribution in [0.1, 0.15) is 29.6 Å². The van der Waals surface area contributed by atoms with Crippen molar-refractivity contribution in [2.75, 3.05) is 30.3 Å². The molecule has 5 nitrogen and oxygen atoms in total. The molecular formula is C20H22ClN3O2.